The Balaban J connectivity index is 2.06. The highest BCUT2D eigenvalue weighted by Gasteiger charge is 2.28. The largest absolute Gasteiger partial charge is 0.378 e. The van der Waals surface area contributed by atoms with Crippen LogP contribution in [0.3, 0.4) is 0 Å². The lowest BCUT2D eigenvalue weighted by atomic mass is 10.1. The SMILES string of the molecule is O=C1NC(=S)c2cccc(N3CCOCC3)c21. The Kier molecular flexibility index (Phi) is 2.57. The van der Waals surface area contributed by atoms with Crippen molar-refractivity contribution in [2.45, 2.75) is 0 Å². The Morgan fingerprint density at radius 3 is 2.82 bits per heavy atom. The number of carbonyl (C=O) groups excluding carboxylic acids is 1. The van der Waals surface area contributed by atoms with E-state index in [-0.39, 0.29) is 5.91 Å². The topological polar surface area (TPSA) is 41.6 Å². The number of carbonyl (C=O) groups is 1. The second-order valence-corrected chi connectivity index (χ2v) is 4.49. The summed E-state index contributed by atoms with van der Waals surface area (Å²) in [6.45, 7) is 3.04. The molecule has 0 saturated carbocycles. The number of anilines is 1. The molecule has 1 aromatic carbocycles. The summed E-state index contributed by atoms with van der Waals surface area (Å²) in [7, 11) is 0. The molecule has 3 rings (SSSR count). The first-order valence-corrected chi connectivity index (χ1v) is 5.99. The molecule has 17 heavy (non-hydrogen) atoms. The average Bonchev–Trinajstić information content (AvgIpc) is 2.66. The normalized spacial score (nSPS) is 19.2. The third-order valence-electron chi connectivity index (χ3n) is 3.09. The van der Waals surface area contributed by atoms with Crippen molar-refractivity contribution in [1.29, 1.82) is 0 Å². The van der Waals surface area contributed by atoms with Gasteiger partial charge in [0.15, 0.2) is 0 Å². The number of morpholine rings is 1. The Hall–Kier alpha value is -1.46. The van der Waals surface area contributed by atoms with E-state index in [1.807, 2.05) is 18.2 Å². The highest BCUT2D eigenvalue weighted by atomic mass is 32.1. The molecular formula is C12H12N2O2S. The van der Waals surface area contributed by atoms with Crippen LogP contribution in [0, 0.1) is 0 Å². The van der Waals surface area contributed by atoms with Gasteiger partial charge in [-0.15, -0.1) is 0 Å². The maximum Gasteiger partial charge on any atom is 0.259 e. The molecule has 4 nitrogen and oxygen atoms in total. The minimum Gasteiger partial charge on any atom is -0.378 e. The van der Waals surface area contributed by atoms with Gasteiger partial charge in [-0.25, -0.2) is 0 Å². The van der Waals surface area contributed by atoms with Gasteiger partial charge in [-0.2, -0.15) is 0 Å². The number of rotatable bonds is 1. The van der Waals surface area contributed by atoms with Crippen molar-refractivity contribution in [2.24, 2.45) is 0 Å². The first-order valence-electron chi connectivity index (χ1n) is 5.59. The average molecular weight is 248 g/mol. The van der Waals surface area contributed by atoms with Gasteiger partial charge in [-0.3, -0.25) is 4.79 Å². The Labute approximate surface area is 105 Å². The molecule has 88 valence electrons. The number of nitrogens with zero attached hydrogens (tertiary/aromatic N) is 1. The van der Waals surface area contributed by atoms with E-state index in [4.69, 9.17) is 17.0 Å². The van der Waals surface area contributed by atoms with Crippen LogP contribution in [0.1, 0.15) is 15.9 Å². The van der Waals surface area contributed by atoms with Gasteiger partial charge in [0.25, 0.3) is 5.91 Å². The minimum atomic E-state index is -0.0907. The monoisotopic (exact) mass is 248 g/mol. The maximum absolute atomic E-state index is 11.9. The molecule has 2 aliphatic heterocycles. The predicted molar refractivity (Wildman–Crippen MR) is 68.6 cm³/mol. The number of ether oxygens (including phenoxy) is 1. The second kappa shape index (κ2) is 4.09. The van der Waals surface area contributed by atoms with Crippen LogP contribution in [-0.2, 0) is 4.74 Å². The molecule has 5 heteroatoms. The number of nitrogens with one attached hydrogen (secondary N) is 1. The molecule has 1 aromatic rings. The summed E-state index contributed by atoms with van der Waals surface area (Å²) in [5, 5.41) is 2.70. The Morgan fingerprint density at radius 2 is 2.06 bits per heavy atom. The molecule has 0 aliphatic carbocycles. The summed E-state index contributed by atoms with van der Waals surface area (Å²) >= 11 is 5.14. The van der Waals surface area contributed by atoms with E-state index in [0.717, 1.165) is 24.3 Å². The number of thiocarbonyl (C=S) groups is 1. The summed E-state index contributed by atoms with van der Waals surface area (Å²) in [4.78, 5) is 14.6. The lowest BCUT2D eigenvalue weighted by Crippen LogP contribution is -2.37. The van der Waals surface area contributed by atoms with Gasteiger partial charge in [-0.1, -0.05) is 24.4 Å². The predicted octanol–water partition coefficient (Wildman–Crippen LogP) is 0.942. The second-order valence-electron chi connectivity index (χ2n) is 4.08. The standard InChI is InChI=1S/C12H12N2O2S/c15-11-10-8(12(17)13-11)2-1-3-9(10)14-4-6-16-7-5-14/h1-3H,4-7H2,(H,13,15,17). The lowest BCUT2D eigenvalue weighted by molar-refractivity contribution is 0.0982. The first-order chi connectivity index (χ1) is 8.27. The molecule has 1 fully saturated rings. The molecule has 1 saturated heterocycles. The van der Waals surface area contributed by atoms with Gasteiger partial charge in [0.1, 0.15) is 4.99 Å². The number of fused-ring (bicyclic) bond motifs is 1. The molecule has 0 aromatic heterocycles. The summed E-state index contributed by atoms with van der Waals surface area (Å²) < 4.78 is 5.32. The van der Waals surface area contributed by atoms with Crippen LogP contribution in [0.4, 0.5) is 5.69 Å². The van der Waals surface area contributed by atoms with Crippen LogP contribution in [0.25, 0.3) is 0 Å². The van der Waals surface area contributed by atoms with Crippen LogP contribution >= 0.6 is 12.2 Å². The molecule has 1 N–H and O–H groups in total. The molecule has 0 spiro atoms. The van der Waals surface area contributed by atoms with Crippen LogP contribution in [-0.4, -0.2) is 37.2 Å². The zero-order valence-corrected chi connectivity index (χ0v) is 10.0. The van der Waals surface area contributed by atoms with Crippen molar-refractivity contribution >= 4 is 28.8 Å². The molecule has 1 amide bonds. The molecule has 0 bridgehead atoms. The number of hydrogen-bond acceptors (Lipinski definition) is 4. The minimum absolute atomic E-state index is 0.0907. The van der Waals surface area contributed by atoms with E-state index in [1.165, 1.54) is 0 Å². The quantitative estimate of drug-likeness (QED) is 0.751. The van der Waals surface area contributed by atoms with Crippen LogP contribution in [0.15, 0.2) is 18.2 Å². The van der Waals surface area contributed by atoms with Crippen molar-refractivity contribution in [3.8, 4) is 0 Å². The van der Waals surface area contributed by atoms with Crippen molar-refractivity contribution in [3.63, 3.8) is 0 Å². The van der Waals surface area contributed by atoms with Crippen molar-refractivity contribution < 1.29 is 9.53 Å². The fourth-order valence-electron chi connectivity index (χ4n) is 2.27. The molecular weight excluding hydrogens is 236 g/mol. The molecule has 0 atom stereocenters. The molecule has 2 heterocycles. The van der Waals surface area contributed by atoms with Crippen molar-refractivity contribution in [1.82, 2.24) is 5.32 Å². The van der Waals surface area contributed by atoms with Gasteiger partial charge in [0.05, 0.1) is 24.5 Å². The van der Waals surface area contributed by atoms with Gasteiger partial charge in [0.2, 0.25) is 0 Å². The van der Waals surface area contributed by atoms with E-state index in [2.05, 4.69) is 10.2 Å². The van der Waals surface area contributed by atoms with Gasteiger partial charge in [-0.05, 0) is 6.07 Å². The fraction of sp³-hybridized carbons (Fsp3) is 0.333. The zero-order chi connectivity index (χ0) is 11.8. The third-order valence-corrected chi connectivity index (χ3v) is 3.41. The Morgan fingerprint density at radius 1 is 1.29 bits per heavy atom. The highest BCUT2D eigenvalue weighted by molar-refractivity contribution is 7.80. The first kappa shape index (κ1) is 10.7. The Bertz CT molecular complexity index is 495. The number of hydrogen-bond donors (Lipinski definition) is 1. The van der Waals surface area contributed by atoms with E-state index in [0.29, 0.717) is 23.8 Å². The highest BCUT2D eigenvalue weighted by Crippen LogP contribution is 2.28. The molecule has 2 aliphatic rings. The molecule has 0 radical (unpaired) electrons. The van der Waals surface area contributed by atoms with Crippen LogP contribution in [0.2, 0.25) is 0 Å². The van der Waals surface area contributed by atoms with E-state index >= 15 is 0 Å². The van der Waals surface area contributed by atoms with E-state index < -0.39 is 0 Å². The third kappa shape index (κ3) is 1.71. The summed E-state index contributed by atoms with van der Waals surface area (Å²) in [5.41, 5.74) is 2.51. The lowest BCUT2D eigenvalue weighted by Gasteiger charge is -2.29. The van der Waals surface area contributed by atoms with E-state index in [9.17, 15) is 4.79 Å². The van der Waals surface area contributed by atoms with Crippen LogP contribution < -0.4 is 10.2 Å². The van der Waals surface area contributed by atoms with Gasteiger partial charge in [0, 0.05) is 18.7 Å². The summed E-state index contributed by atoms with van der Waals surface area (Å²) in [5.74, 6) is -0.0907. The summed E-state index contributed by atoms with van der Waals surface area (Å²) in [6, 6.07) is 5.80. The number of amides is 1. The number of benzene rings is 1. The summed E-state index contributed by atoms with van der Waals surface area (Å²) in [6.07, 6.45) is 0. The fourth-order valence-corrected chi connectivity index (χ4v) is 2.53. The van der Waals surface area contributed by atoms with Gasteiger partial charge < -0.3 is 15.0 Å². The van der Waals surface area contributed by atoms with Crippen molar-refractivity contribution in [2.75, 3.05) is 31.2 Å². The zero-order valence-electron chi connectivity index (χ0n) is 9.23. The molecule has 0 unspecified atom stereocenters. The smallest absolute Gasteiger partial charge is 0.259 e. The maximum atomic E-state index is 11.9. The van der Waals surface area contributed by atoms with Crippen molar-refractivity contribution in [3.05, 3.63) is 29.3 Å². The van der Waals surface area contributed by atoms with Crippen LogP contribution in [0.5, 0.6) is 0 Å². The van der Waals surface area contributed by atoms with E-state index in [1.54, 1.807) is 0 Å². The van der Waals surface area contributed by atoms with Gasteiger partial charge >= 0.3 is 0 Å².